The smallest absolute Gasteiger partial charge is 0.506 e. The molecule has 0 aromatic heterocycles. The van der Waals surface area contributed by atoms with Gasteiger partial charge in [-0.2, -0.15) is 0 Å². The van der Waals surface area contributed by atoms with Crippen LogP contribution in [0.4, 0.5) is 14.5 Å². The van der Waals surface area contributed by atoms with E-state index < -0.39 is 6.29 Å². The molecule has 110 valence electrons. The first-order valence-corrected chi connectivity index (χ1v) is 6.42. The van der Waals surface area contributed by atoms with Gasteiger partial charge in [0.05, 0.1) is 5.02 Å². The molecule has 0 atom stereocenters. The fourth-order valence-corrected chi connectivity index (χ4v) is 2.15. The van der Waals surface area contributed by atoms with Crippen LogP contribution in [0.3, 0.4) is 0 Å². The molecule has 1 heterocycles. The molecule has 3 rings (SSSR count). The number of nitrogens with one attached hydrogen (secondary N) is 1. The topological polar surface area (TPSA) is 50.7 Å². The van der Waals surface area contributed by atoms with Crippen LogP contribution in [0.15, 0.2) is 36.4 Å². The molecule has 0 fully saturated rings. The normalized spacial score (nSPS) is 15.0. The van der Waals surface area contributed by atoms with E-state index in [4.69, 9.17) is 11.6 Å². The molecule has 4 nitrogen and oxygen atoms in total. The van der Waals surface area contributed by atoms with Crippen LogP contribution < -0.4 is 14.8 Å². The highest BCUT2D eigenvalue weighted by molar-refractivity contribution is 6.32. The van der Waals surface area contributed by atoms with Gasteiger partial charge in [0, 0.05) is 23.9 Å². The Morgan fingerprint density at radius 1 is 1.14 bits per heavy atom. The Labute approximate surface area is 123 Å². The number of alkyl halides is 2. The van der Waals surface area contributed by atoms with Crippen LogP contribution in [0.5, 0.6) is 17.2 Å². The molecule has 1 aliphatic rings. The highest BCUT2D eigenvalue weighted by Gasteiger charge is 2.43. The van der Waals surface area contributed by atoms with E-state index >= 15 is 0 Å². The van der Waals surface area contributed by atoms with Gasteiger partial charge >= 0.3 is 6.29 Å². The number of anilines is 1. The second-order valence-corrected chi connectivity index (χ2v) is 4.84. The summed E-state index contributed by atoms with van der Waals surface area (Å²) in [6.45, 7) is 0.280. The summed E-state index contributed by atoms with van der Waals surface area (Å²) in [6, 6.07) is 9.34. The Balaban J connectivity index is 1.74. The molecule has 0 aliphatic carbocycles. The summed E-state index contributed by atoms with van der Waals surface area (Å²) in [5.74, 6) is -0.0737. The molecule has 0 saturated carbocycles. The quantitative estimate of drug-likeness (QED) is 0.900. The third kappa shape index (κ3) is 2.80. The van der Waals surface area contributed by atoms with Gasteiger partial charge in [-0.1, -0.05) is 23.7 Å². The fourth-order valence-electron chi connectivity index (χ4n) is 1.96. The van der Waals surface area contributed by atoms with Gasteiger partial charge in [-0.3, -0.25) is 0 Å². The number of phenols is 1. The summed E-state index contributed by atoms with van der Waals surface area (Å²) >= 11 is 5.81. The van der Waals surface area contributed by atoms with E-state index in [1.165, 1.54) is 12.1 Å². The average Bonchev–Trinajstić information content (AvgIpc) is 2.73. The molecule has 0 radical (unpaired) electrons. The van der Waals surface area contributed by atoms with Crippen LogP contribution in [0.2, 0.25) is 5.02 Å². The lowest BCUT2D eigenvalue weighted by Crippen LogP contribution is -2.25. The first-order valence-electron chi connectivity index (χ1n) is 6.05. The van der Waals surface area contributed by atoms with E-state index in [2.05, 4.69) is 14.8 Å². The number of benzene rings is 2. The van der Waals surface area contributed by atoms with Gasteiger partial charge in [0.15, 0.2) is 11.5 Å². The van der Waals surface area contributed by atoms with Gasteiger partial charge in [-0.25, -0.2) is 0 Å². The molecule has 0 unspecified atom stereocenters. The van der Waals surface area contributed by atoms with Crippen LogP contribution in [0, 0.1) is 0 Å². The maximum Gasteiger partial charge on any atom is 0.586 e. The van der Waals surface area contributed by atoms with Gasteiger partial charge in [-0.15, -0.1) is 8.78 Å². The molecule has 1 aliphatic heterocycles. The highest BCUT2D eigenvalue weighted by atomic mass is 35.5. The number of hydrogen-bond donors (Lipinski definition) is 2. The molecule has 0 amide bonds. The number of ether oxygens (including phenoxy) is 2. The second-order valence-electron chi connectivity index (χ2n) is 4.43. The Kier molecular flexibility index (Phi) is 3.25. The molecule has 2 N–H and O–H groups in total. The minimum Gasteiger partial charge on any atom is -0.506 e. The Morgan fingerprint density at radius 2 is 1.90 bits per heavy atom. The average molecular weight is 314 g/mol. The van der Waals surface area contributed by atoms with E-state index in [9.17, 15) is 13.9 Å². The number of hydrogen-bond acceptors (Lipinski definition) is 4. The van der Waals surface area contributed by atoms with E-state index in [-0.39, 0.29) is 28.8 Å². The van der Waals surface area contributed by atoms with Crippen molar-refractivity contribution in [1.82, 2.24) is 0 Å². The van der Waals surface area contributed by atoms with E-state index in [0.29, 0.717) is 11.3 Å². The molecule has 21 heavy (non-hydrogen) atoms. The number of para-hydroxylation sites is 1. The predicted octanol–water partition coefficient (Wildman–Crippen LogP) is 3.98. The van der Waals surface area contributed by atoms with E-state index in [1.54, 1.807) is 24.3 Å². The standard InChI is InChI=1S/C14H10ClF2NO3/c15-10-3-1-2-8(13(10)19)7-18-9-4-5-11-12(6-9)21-14(16,17)20-11/h1-6,18-19H,7H2. The number of aromatic hydroxyl groups is 1. The van der Waals surface area contributed by atoms with Crippen molar-refractivity contribution in [2.24, 2.45) is 0 Å². The summed E-state index contributed by atoms with van der Waals surface area (Å²) < 4.78 is 34.5. The third-order valence-corrected chi connectivity index (χ3v) is 3.26. The minimum atomic E-state index is -3.63. The summed E-state index contributed by atoms with van der Waals surface area (Å²) in [5, 5.41) is 13.0. The second kappa shape index (κ2) is 4.96. The van der Waals surface area contributed by atoms with Crippen LogP contribution in [-0.4, -0.2) is 11.4 Å². The first kappa shape index (κ1) is 13.8. The zero-order valence-electron chi connectivity index (χ0n) is 10.6. The summed E-state index contributed by atoms with van der Waals surface area (Å²) in [6.07, 6.45) is -3.63. The maximum atomic E-state index is 12.9. The predicted molar refractivity (Wildman–Crippen MR) is 73.1 cm³/mol. The van der Waals surface area contributed by atoms with Crippen molar-refractivity contribution in [2.75, 3.05) is 5.32 Å². The summed E-state index contributed by atoms with van der Waals surface area (Å²) in [5.41, 5.74) is 1.14. The first-order chi connectivity index (χ1) is 9.94. The zero-order valence-corrected chi connectivity index (χ0v) is 11.3. The lowest BCUT2D eigenvalue weighted by Gasteiger charge is -2.09. The van der Waals surface area contributed by atoms with Crippen LogP contribution in [0.1, 0.15) is 5.56 Å². The molecule has 2 aromatic carbocycles. The largest absolute Gasteiger partial charge is 0.586 e. The van der Waals surface area contributed by atoms with E-state index in [0.717, 1.165) is 0 Å². The van der Waals surface area contributed by atoms with Crippen molar-refractivity contribution in [3.8, 4) is 17.2 Å². The SMILES string of the molecule is Oc1c(Cl)cccc1CNc1ccc2c(c1)OC(F)(F)O2. The Morgan fingerprint density at radius 3 is 2.71 bits per heavy atom. The molecule has 2 aromatic rings. The molecule has 7 heteroatoms. The molecular weight excluding hydrogens is 304 g/mol. The van der Waals surface area contributed by atoms with Gasteiger partial charge in [0.25, 0.3) is 0 Å². The molecule has 0 bridgehead atoms. The number of rotatable bonds is 3. The van der Waals surface area contributed by atoms with Crippen molar-refractivity contribution in [2.45, 2.75) is 12.8 Å². The van der Waals surface area contributed by atoms with Crippen molar-refractivity contribution in [3.63, 3.8) is 0 Å². The minimum absolute atomic E-state index is 0.0149. The van der Waals surface area contributed by atoms with Crippen molar-refractivity contribution >= 4 is 17.3 Å². The highest BCUT2D eigenvalue weighted by Crippen LogP contribution is 2.42. The van der Waals surface area contributed by atoms with Crippen LogP contribution >= 0.6 is 11.6 Å². The molecular formula is C14H10ClF2NO3. The van der Waals surface area contributed by atoms with Crippen molar-refractivity contribution in [3.05, 3.63) is 47.0 Å². The maximum absolute atomic E-state index is 12.9. The van der Waals surface area contributed by atoms with Crippen LogP contribution in [0.25, 0.3) is 0 Å². The lowest BCUT2D eigenvalue weighted by atomic mass is 10.2. The number of fused-ring (bicyclic) bond motifs is 1. The third-order valence-electron chi connectivity index (χ3n) is 2.95. The zero-order chi connectivity index (χ0) is 15.0. The summed E-state index contributed by atoms with van der Waals surface area (Å²) in [7, 11) is 0. The molecule has 0 saturated heterocycles. The Hall–Kier alpha value is -2.21. The fraction of sp³-hybridized carbons (Fsp3) is 0.143. The van der Waals surface area contributed by atoms with E-state index in [1.807, 2.05) is 0 Å². The number of halogens is 3. The number of phenolic OH excluding ortho intramolecular Hbond substituents is 1. The Bertz CT molecular complexity index is 694. The van der Waals surface area contributed by atoms with Gasteiger partial charge in [-0.05, 0) is 18.2 Å². The van der Waals surface area contributed by atoms with Gasteiger partial charge in [0.1, 0.15) is 5.75 Å². The van der Waals surface area contributed by atoms with Gasteiger partial charge < -0.3 is 19.9 Å². The molecule has 0 spiro atoms. The van der Waals surface area contributed by atoms with Crippen molar-refractivity contribution in [1.29, 1.82) is 0 Å². The van der Waals surface area contributed by atoms with Crippen LogP contribution in [-0.2, 0) is 6.54 Å². The monoisotopic (exact) mass is 313 g/mol. The summed E-state index contributed by atoms with van der Waals surface area (Å²) in [4.78, 5) is 0. The van der Waals surface area contributed by atoms with Crippen molar-refractivity contribution < 1.29 is 23.4 Å². The lowest BCUT2D eigenvalue weighted by molar-refractivity contribution is -0.286. The van der Waals surface area contributed by atoms with Gasteiger partial charge in [0.2, 0.25) is 0 Å².